The first-order chi connectivity index (χ1) is 18.7. The Morgan fingerprint density at radius 1 is 1.03 bits per heavy atom. The van der Waals surface area contributed by atoms with Crippen LogP contribution in [-0.4, -0.2) is 75.7 Å². The van der Waals surface area contributed by atoms with Crippen LogP contribution in [0.5, 0.6) is 11.5 Å². The van der Waals surface area contributed by atoms with Gasteiger partial charge in [-0.2, -0.15) is 0 Å². The lowest BCUT2D eigenvalue weighted by Gasteiger charge is -2.28. The molecule has 1 aromatic heterocycles. The summed E-state index contributed by atoms with van der Waals surface area (Å²) in [6.07, 6.45) is 11.2. The topological polar surface area (TPSA) is 92.0 Å². The molecule has 0 amide bonds. The van der Waals surface area contributed by atoms with E-state index in [-0.39, 0.29) is 6.61 Å². The highest BCUT2D eigenvalue weighted by Crippen LogP contribution is 2.32. The summed E-state index contributed by atoms with van der Waals surface area (Å²) in [6.45, 7) is 3.57. The average molecular weight is 516 g/mol. The van der Waals surface area contributed by atoms with Crippen LogP contribution in [0, 0.1) is 0 Å². The third kappa shape index (κ3) is 5.95. The zero-order chi connectivity index (χ0) is 26.3. The van der Waals surface area contributed by atoms with Crippen LogP contribution in [0.15, 0.2) is 81.8 Å². The quantitative estimate of drug-likeness (QED) is 0.572. The molecule has 1 N–H and O–H groups in total. The van der Waals surface area contributed by atoms with Gasteiger partial charge in [-0.25, -0.2) is 4.98 Å². The lowest BCUT2D eigenvalue weighted by atomic mass is 10.1. The fraction of sp³-hybridized carbons (Fsp3) is 0.345. The number of hydrogen-bond acceptors (Lipinski definition) is 9. The minimum atomic E-state index is -0.00207. The van der Waals surface area contributed by atoms with E-state index >= 15 is 0 Å². The Balaban J connectivity index is 1.41. The van der Waals surface area contributed by atoms with E-state index in [1.54, 1.807) is 14.2 Å². The largest absolute Gasteiger partial charge is 0.497 e. The fourth-order valence-electron chi connectivity index (χ4n) is 4.64. The minimum absolute atomic E-state index is 0.00207. The second kappa shape index (κ2) is 12.1. The number of anilines is 2. The van der Waals surface area contributed by atoms with Crippen LogP contribution in [0.2, 0.25) is 0 Å². The van der Waals surface area contributed by atoms with Crippen LogP contribution >= 0.6 is 0 Å². The maximum absolute atomic E-state index is 9.85. The van der Waals surface area contributed by atoms with Crippen molar-refractivity contribution in [2.45, 2.75) is 12.8 Å². The molecular weight excluding hydrogens is 482 g/mol. The van der Waals surface area contributed by atoms with Crippen LogP contribution in [0.1, 0.15) is 18.4 Å². The molecule has 3 aliphatic rings. The molecule has 198 valence electrons. The van der Waals surface area contributed by atoms with Crippen molar-refractivity contribution in [3.05, 3.63) is 77.4 Å². The average Bonchev–Trinajstić information content (AvgIpc) is 3.19. The Bertz CT molecular complexity index is 1270. The number of ether oxygens (including phenoxy) is 3. The summed E-state index contributed by atoms with van der Waals surface area (Å²) in [5.41, 5.74) is 5.45. The number of fused-ring (bicyclic) bond motifs is 2. The van der Waals surface area contributed by atoms with Gasteiger partial charge in [-0.15, -0.1) is 0 Å². The molecule has 2 bridgehead atoms. The number of allylic oxidation sites excluding steroid dienone is 3. The lowest BCUT2D eigenvalue weighted by Crippen LogP contribution is -2.36. The molecule has 1 aromatic carbocycles. The third-order valence-electron chi connectivity index (χ3n) is 6.69. The molecule has 0 saturated carbocycles. The Morgan fingerprint density at radius 2 is 1.82 bits per heavy atom. The van der Waals surface area contributed by atoms with Gasteiger partial charge in [0.2, 0.25) is 0 Å². The highest BCUT2D eigenvalue weighted by molar-refractivity contribution is 6.38. The Morgan fingerprint density at radius 3 is 2.50 bits per heavy atom. The van der Waals surface area contributed by atoms with Gasteiger partial charge in [-0.3, -0.25) is 9.98 Å². The number of morpholine rings is 1. The van der Waals surface area contributed by atoms with Crippen LogP contribution in [0.25, 0.3) is 0 Å². The Hall–Kier alpha value is -3.95. The van der Waals surface area contributed by atoms with Gasteiger partial charge in [-0.05, 0) is 24.3 Å². The van der Waals surface area contributed by atoms with Crippen molar-refractivity contribution in [3.63, 3.8) is 0 Å². The van der Waals surface area contributed by atoms with E-state index in [1.807, 2.05) is 42.8 Å². The molecule has 5 rings (SSSR count). The van der Waals surface area contributed by atoms with Crippen molar-refractivity contribution >= 4 is 23.4 Å². The van der Waals surface area contributed by atoms with E-state index in [0.29, 0.717) is 30.9 Å². The SMILES string of the molecule is COc1cc(OC)cc(N(CCO)/C2=C/C=C3\C/C(=C\C2)N=C(c2ccc(N4CCOCC4)nc2)C=N3)c1. The second-order valence-electron chi connectivity index (χ2n) is 9.10. The molecule has 0 unspecified atom stereocenters. The number of aliphatic imine (C=N–C) groups is 2. The summed E-state index contributed by atoms with van der Waals surface area (Å²) in [6, 6.07) is 9.80. The van der Waals surface area contributed by atoms with Crippen molar-refractivity contribution in [2.24, 2.45) is 9.98 Å². The molecule has 9 heteroatoms. The van der Waals surface area contributed by atoms with Gasteiger partial charge in [0.1, 0.15) is 17.3 Å². The van der Waals surface area contributed by atoms with Crippen molar-refractivity contribution < 1.29 is 19.3 Å². The zero-order valence-electron chi connectivity index (χ0n) is 21.8. The van der Waals surface area contributed by atoms with Crippen molar-refractivity contribution in [1.29, 1.82) is 0 Å². The van der Waals surface area contributed by atoms with Gasteiger partial charge in [-0.1, -0.05) is 6.08 Å². The summed E-state index contributed by atoms with van der Waals surface area (Å²) < 4.78 is 16.4. The normalized spacial score (nSPS) is 21.4. The highest BCUT2D eigenvalue weighted by Gasteiger charge is 2.18. The summed E-state index contributed by atoms with van der Waals surface area (Å²) in [5, 5.41) is 9.85. The van der Waals surface area contributed by atoms with E-state index in [4.69, 9.17) is 24.2 Å². The molecule has 0 atom stereocenters. The van der Waals surface area contributed by atoms with E-state index in [0.717, 1.165) is 66.2 Å². The van der Waals surface area contributed by atoms with Crippen molar-refractivity contribution in [1.82, 2.24) is 4.98 Å². The van der Waals surface area contributed by atoms with E-state index in [1.165, 1.54) is 0 Å². The van der Waals surface area contributed by atoms with E-state index < -0.39 is 0 Å². The molecule has 1 aliphatic carbocycles. The number of aliphatic hydroxyl groups is 1. The predicted octanol–water partition coefficient (Wildman–Crippen LogP) is 3.75. The third-order valence-corrected chi connectivity index (χ3v) is 6.69. The summed E-state index contributed by atoms with van der Waals surface area (Å²) in [7, 11) is 3.26. The standard InChI is InChI=1S/C29H33N5O4/c1-36-26-16-25(17-27(18-26)37-2)34(9-12-35)24-6-4-22-15-23(5-7-24)32-28(20-30-22)21-3-8-29(31-19-21)33-10-13-38-14-11-33/h3-6,8,16-20,35H,7,9-15H2,1-2H3/b22-4+,23-5+,24-6+. The maximum Gasteiger partial charge on any atom is 0.128 e. The number of methoxy groups -OCH3 is 2. The fourth-order valence-corrected chi connectivity index (χ4v) is 4.64. The second-order valence-corrected chi connectivity index (χ2v) is 9.10. The summed E-state index contributed by atoms with van der Waals surface area (Å²) in [4.78, 5) is 18.7. The number of rotatable bonds is 8. The highest BCUT2D eigenvalue weighted by atomic mass is 16.5. The van der Waals surface area contributed by atoms with Gasteiger partial charge in [0.25, 0.3) is 0 Å². The molecule has 3 heterocycles. The van der Waals surface area contributed by atoms with Crippen LogP contribution in [0.4, 0.5) is 11.5 Å². The Kier molecular flexibility index (Phi) is 8.15. The Labute approximate surface area is 223 Å². The predicted molar refractivity (Wildman–Crippen MR) is 150 cm³/mol. The molecule has 0 radical (unpaired) electrons. The lowest BCUT2D eigenvalue weighted by molar-refractivity contribution is 0.122. The van der Waals surface area contributed by atoms with Gasteiger partial charge in [0, 0.05) is 85.2 Å². The zero-order valence-corrected chi connectivity index (χ0v) is 21.8. The molecule has 9 nitrogen and oxygen atoms in total. The van der Waals surface area contributed by atoms with Crippen LogP contribution in [0.3, 0.4) is 0 Å². The minimum Gasteiger partial charge on any atom is -0.497 e. The number of hydrogen-bond donors (Lipinski definition) is 1. The first kappa shape index (κ1) is 25.7. The number of nitrogens with zero attached hydrogens (tertiary/aromatic N) is 5. The molecule has 38 heavy (non-hydrogen) atoms. The van der Waals surface area contributed by atoms with Gasteiger partial charge >= 0.3 is 0 Å². The number of aromatic nitrogens is 1. The van der Waals surface area contributed by atoms with Gasteiger partial charge in [0.15, 0.2) is 0 Å². The molecule has 0 spiro atoms. The summed E-state index contributed by atoms with van der Waals surface area (Å²) in [5.74, 6) is 2.32. The molecule has 2 aliphatic heterocycles. The maximum atomic E-state index is 9.85. The molecular formula is C29H33N5O4. The van der Waals surface area contributed by atoms with Crippen molar-refractivity contribution in [3.8, 4) is 11.5 Å². The van der Waals surface area contributed by atoms with E-state index in [2.05, 4.69) is 33.0 Å². The smallest absolute Gasteiger partial charge is 0.128 e. The van der Waals surface area contributed by atoms with Crippen LogP contribution in [-0.2, 0) is 4.74 Å². The molecule has 1 fully saturated rings. The van der Waals surface area contributed by atoms with Crippen LogP contribution < -0.4 is 19.3 Å². The number of pyridine rings is 1. The van der Waals surface area contributed by atoms with Crippen molar-refractivity contribution in [2.75, 3.05) is 63.5 Å². The monoisotopic (exact) mass is 515 g/mol. The van der Waals surface area contributed by atoms with Gasteiger partial charge in [0.05, 0.1) is 46.0 Å². The first-order valence-corrected chi connectivity index (χ1v) is 12.8. The van der Waals surface area contributed by atoms with Gasteiger partial charge < -0.3 is 29.1 Å². The molecule has 1 saturated heterocycles. The summed E-state index contributed by atoms with van der Waals surface area (Å²) >= 11 is 0. The molecule has 2 aromatic rings. The number of aliphatic hydroxyl groups excluding tert-OH is 1. The number of benzene rings is 1. The van der Waals surface area contributed by atoms with E-state index in [9.17, 15) is 5.11 Å². The first-order valence-electron chi connectivity index (χ1n) is 12.8.